The van der Waals surface area contributed by atoms with Gasteiger partial charge in [0.15, 0.2) is 0 Å². The fourth-order valence-electron chi connectivity index (χ4n) is 8.57. The Morgan fingerprint density at radius 2 is 1.98 bits per heavy atom. The van der Waals surface area contributed by atoms with E-state index in [1.54, 1.807) is 13.2 Å². The van der Waals surface area contributed by atoms with Crippen molar-refractivity contribution in [1.29, 1.82) is 0 Å². The molecule has 270 valence electrons. The number of nitrogens with zero attached hydrogens (tertiary/aromatic N) is 2. The number of hydrogen-bond donors (Lipinski definition) is 2. The molecule has 2 aromatic rings. The van der Waals surface area contributed by atoms with Gasteiger partial charge in [-0.2, -0.15) is 0 Å². The average Bonchev–Trinajstić information content (AvgIpc) is 3.22. The molecule has 50 heavy (non-hydrogen) atoms. The number of methoxy groups -OCH3 is 1. The van der Waals surface area contributed by atoms with Gasteiger partial charge in [-0.1, -0.05) is 36.7 Å². The molecule has 1 saturated carbocycles. The van der Waals surface area contributed by atoms with Crippen LogP contribution in [0.1, 0.15) is 73.4 Å². The number of hydrogen-bond acceptors (Lipinski definition) is 7. The second-order valence-corrected chi connectivity index (χ2v) is 17.4. The van der Waals surface area contributed by atoms with E-state index in [4.69, 9.17) is 25.8 Å². The van der Waals surface area contributed by atoms with Crippen LogP contribution in [0.15, 0.2) is 52.9 Å². The second kappa shape index (κ2) is 14.9. The van der Waals surface area contributed by atoms with Crippen molar-refractivity contribution in [2.75, 3.05) is 50.7 Å². The first kappa shape index (κ1) is 35.3. The third kappa shape index (κ3) is 7.56. The van der Waals surface area contributed by atoms with Crippen molar-refractivity contribution in [3.05, 3.63) is 70.3 Å². The number of urea groups is 1. The van der Waals surface area contributed by atoms with Crippen LogP contribution < -0.4 is 19.7 Å². The van der Waals surface area contributed by atoms with E-state index in [0.717, 1.165) is 55.9 Å². The highest BCUT2D eigenvalue weighted by molar-refractivity contribution is 7.92. The zero-order chi connectivity index (χ0) is 34.9. The largest absolute Gasteiger partial charge is 0.490 e. The highest BCUT2D eigenvalue weighted by Crippen LogP contribution is 2.47. The number of aryl methyl sites for hydroxylation is 1. The lowest BCUT2D eigenvalue weighted by Gasteiger charge is -2.46. The molecule has 7 rings (SSSR count). The van der Waals surface area contributed by atoms with E-state index in [1.165, 1.54) is 11.1 Å². The summed E-state index contributed by atoms with van der Waals surface area (Å²) in [5.41, 5.74) is 3.44. The number of rotatable bonds is 3. The minimum atomic E-state index is -3.48. The van der Waals surface area contributed by atoms with Gasteiger partial charge in [-0.05, 0) is 111 Å². The Morgan fingerprint density at radius 3 is 2.76 bits per heavy atom. The van der Waals surface area contributed by atoms with Gasteiger partial charge < -0.3 is 24.4 Å². The number of ether oxygens (including phenoxy) is 3. The van der Waals surface area contributed by atoms with Crippen LogP contribution in [0.4, 0.5) is 10.5 Å². The first-order chi connectivity index (χ1) is 24.1. The minimum Gasteiger partial charge on any atom is -0.490 e. The highest BCUT2D eigenvalue weighted by Gasteiger charge is 2.44. The Balaban J connectivity index is 1.26. The molecule has 5 aliphatic rings. The van der Waals surface area contributed by atoms with Crippen LogP contribution in [-0.2, 0) is 31.2 Å². The lowest BCUT2D eigenvalue weighted by molar-refractivity contribution is 0.0131. The fraction of sp³-hybridized carbons (Fsp3) is 0.579. The van der Waals surface area contributed by atoms with Crippen LogP contribution in [0.25, 0.3) is 0 Å². The minimum absolute atomic E-state index is 0.0279. The molecular formula is C38H49ClN4O6S. The van der Waals surface area contributed by atoms with E-state index in [1.807, 2.05) is 25.1 Å². The van der Waals surface area contributed by atoms with Gasteiger partial charge in [0.05, 0.1) is 24.2 Å². The molecule has 1 spiro atoms. The van der Waals surface area contributed by atoms with Crippen LogP contribution in [0.3, 0.4) is 0 Å². The molecule has 0 radical (unpaired) electrons. The number of nitrogens with one attached hydrogen (secondary N) is 2. The van der Waals surface area contributed by atoms with E-state index >= 15 is 0 Å². The molecule has 0 aromatic heterocycles. The number of amides is 3. The number of carbonyl (C=O) groups excluding carboxylic acids is 2. The van der Waals surface area contributed by atoms with Crippen LogP contribution >= 0.6 is 11.6 Å². The summed E-state index contributed by atoms with van der Waals surface area (Å²) < 4.78 is 39.4. The van der Waals surface area contributed by atoms with Crippen molar-refractivity contribution in [1.82, 2.24) is 10.0 Å². The molecule has 2 bridgehead atoms. The van der Waals surface area contributed by atoms with Gasteiger partial charge in [-0.25, -0.2) is 9.00 Å². The summed E-state index contributed by atoms with van der Waals surface area (Å²) in [6, 6.07) is 10.9. The molecule has 1 saturated heterocycles. The van der Waals surface area contributed by atoms with Gasteiger partial charge in [-0.3, -0.25) is 9.52 Å². The normalized spacial score (nSPS) is 32.3. The van der Waals surface area contributed by atoms with Gasteiger partial charge in [0.1, 0.15) is 15.7 Å². The Morgan fingerprint density at radius 1 is 1.14 bits per heavy atom. The summed E-state index contributed by atoms with van der Waals surface area (Å²) in [4.78, 5) is 29.5. The molecule has 2 fully saturated rings. The summed E-state index contributed by atoms with van der Waals surface area (Å²) in [7, 11) is -1.71. The smallest absolute Gasteiger partial charge is 0.327 e. The van der Waals surface area contributed by atoms with Crippen molar-refractivity contribution in [3.8, 4) is 5.75 Å². The SMILES string of the molecule is CO[C@H]1/C=C/C[C@H](C)CS(=O)(NC(=O)NC2CCOCC2)=NC(=O)c2ccc3c(c2)N(C[C@@H]2CC[C@H]21)C[C@@]1(CCCc2cc(Cl)ccc21)CO3. The van der Waals surface area contributed by atoms with E-state index in [9.17, 15) is 13.8 Å². The zero-order valence-electron chi connectivity index (χ0n) is 29.0. The first-order valence-corrected chi connectivity index (χ1v) is 20.2. The summed E-state index contributed by atoms with van der Waals surface area (Å²) in [5, 5.41) is 3.65. The molecule has 12 heteroatoms. The Kier molecular flexibility index (Phi) is 10.5. The molecule has 1 unspecified atom stereocenters. The van der Waals surface area contributed by atoms with Crippen LogP contribution in [0, 0.1) is 17.8 Å². The number of fused-ring (bicyclic) bond motifs is 4. The Labute approximate surface area is 300 Å². The lowest BCUT2D eigenvalue weighted by Crippen LogP contribution is -2.49. The predicted molar refractivity (Wildman–Crippen MR) is 195 cm³/mol. The second-order valence-electron chi connectivity index (χ2n) is 14.9. The van der Waals surface area contributed by atoms with E-state index < -0.39 is 21.9 Å². The standard InChI is InChI=1S/C38H49ClN4O6S/c1-25-5-3-7-34(47-2)31-11-8-28(31)21-43-23-38(16-4-6-26-19-29(39)10-12-32(26)38)24-49-35-13-9-27(20-33(35)43)36(44)41-50(46,22-25)42-37(45)40-30-14-17-48-18-15-30/h3,7,9-10,12-13,19-20,25,28,30-31,34H,4-6,8,11,14-18,21-24H2,1-2H3,(H2,40,41,42,44,45,46)/b7-3+/t25-,28-,31+,34-,38-,50?/m0/s1. The van der Waals surface area contributed by atoms with Crippen molar-refractivity contribution in [2.24, 2.45) is 22.1 Å². The Hall–Kier alpha value is -3.12. The maximum Gasteiger partial charge on any atom is 0.327 e. The molecule has 2 N–H and O–H groups in total. The van der Waals surface area contributed by atoms with Crippen LogP contribution in [0.2, 0.25) is 5.02 Å². The van der Waals surface area contributed by atoms with Crippen molar-refractivity contribution >= 4 is 39.1 Å². The van der Waals surface area contributed by atoms with E-state index in [0.29, 0.717) is 62.2 Å². The fourth-order valence-corrected chi connectivity index (χ4v) is 10.6. The average molecular weight is 725 g/mol. The molecule has 2 aromatic carbocycles. The van der Waals surface area contributed by atoms with Crippen LogP contribution in [0.5, 0.6) is 5.75 Å². The third-order valence-corrected chi connectivity index (χ3v) is 13.5. The predicted octanol–water partition coefficient (Wildman–Crippen LogP) is 6.45. The Bertz CT molecular complexity index is 1750. The zero-order valence-corrected chi connectivity index (χ0v) is 30.6. The lowest BCUT2D eigenvalue weighted by atomic mass is 9.68. The van der Waals surface area contributed by atoms with Crippen LogP contribution in [-0.4, -0.2) is 74.1 Å². The summed E-state index contributed by atoms with van der Waals surface area (Å²) in [6.07, 6.45) is 11.3. The van der Waals surface area contributed by atoms with Gasteiger partial charge in [-0.15, -0.1) is 4.36 Å². The van der Waals surface area contributed by atoms with Crippen molar-refractivity contribution < 1.29 is 28.0 Å². The monoisotopic (exact) mass is 724 g/mol. The quantitative estimate of drug-likeness (QED) is 0.350. The van der Waals surface area contributed by atoms with Gasteiger partial charge >= 0.3 is 6.03 Å². The van der Waals surface area contributed by atoms with Gasteiger partial charge in [0.2, 0.25) is 0 Å². The summed E-state index contributed by atoms with van der Waals surface area (Å²) in [5.74, 6) is 0.730. The molecular weight excluding hydrogens is 676 g/mol. The molecule has 3 aliphatic heterocycles. The molecule has 10 nitrogen and oxygen atoms in total. The maximum atomic E-state index is 14.4. The maximum absolute atomic E-state index is 14.4. The number of halogens is 1. The molecule has 6 atom stereocenters. The van der Waals surface area contributed by atoms with Gasteiger partial charge in [0, 0.05) is 55.5 Å². The van der Waals surface area contributed by atoms with Crippen molar-refractivity contribution in [3.63, 3.8) is 0 Å². The van der Waals surface area contributed by atoms with E-state index in [-0.39, 0.29) is 29.2 Å². The highest BCUT2D eigenvalue weighted by atomic mass is 35.5. The van der Waals surface area contributed by atoms with E-state index in [2.05, 4.69) is 43.6 Å². The topological polar surface area (TPSA) is 119 Å². The molecule has 2 aliphatic carbocycles. The summed E-state index contributed by atoms with van der Waals surface area (Å²) >= 11 is 6.45. The van der Waals surface area contributed by atoms with Crippen molar-refractivity contribution in [2.45, 2.75) is 75.9 Å². The molecule has 3 heterocycles. The number of allylic oxidation sites excluding steroid dienone is 1. The first-order valence-electron chi connectivity index (χ1n) is 18.1. The summed E-state index contributed by atoms with van der Waals surface area (Å²) in [6.45, 7) is 5.09. The van der Waals surface area contributed by atoms with Gasteiger partial charge in [0.25, 0.3) is 5.91 Å². The number of anilines is 1. The third-order valence-electron chi connectivity index (χ3n) is 11.3. The number of carbonyl (C=O) groups is 2. The molecule has 3 amide bonds. The number of benzene rings is 2.